The molecular formula is C9H5Br2NO2. The minimum Gasteiger partial charge on any atom is -0.481 e. The monoisotopic (exact) mass is 317 g/mol. The Morgan fingerprint density at radius 1 is 1.50 bits per heavy atom. The molecular weight excluding hydrogens is 314 g/mol. The molecule has 0 saturated carbocycles. The van der Waals surface area contributed by atoms with Crippen LogP contribution in [0, 0.1) is 11.3 Å². The van der Waals surface area contributed by atoms with Crippen LogP contribution < -0.4 is 0 Å². The summed E-state index contributed by atoms with van der Waals surface area (Å²) in [6, 6.07) is 5.27. The van der Waals surface area contributed by atoms with E-state index in [-0.39, 0.29) is 6.42 Å². The van der Waals surface area contributed by atoms with Gasteiger partial charge < -0.3 is 5.11 Å². The first-order valence-corrected chi connectivity index (χ1v) is 5.23. The molecule has 0 heterocycles. The number of hydrogen-bond donors (Lipinski definition) is 1. The van der Waals surface area contributed by atoms with E-state index in [2.05, 4.69) is 31.9 Å². The average molecular weight is 319 g/mol. The zero-order chi connectivity index (χ0) is 10.7. The molecule has 1 aromatic carbocycles. The lowest BCUT2D eigenvalue weighted by Gasteiger charge is -2.05. The van der Waals surface area contributed by atoms with Crippen molar-refractivity contribution >= 4 is 37.8 Å². The van der Waals surface area contributed by atoms with Crippen molar-refractivity contribution in [3.63, 3.8) is 0 Å². The van der Waals surface area contributed by atoms with Crippen molar-refractivity contribution in [3.8, 4) is 6.07 Å². The number of carbonyl (C=O) groups is 1. The fourth-order valence-electron chi connectivity index (χ4n) is 0.997. The molecule has 0 atom stereocenters. The summed E-state index contributed by atoms with van der Waals surface area (Å²) in [5.74, 6) is -0.929. The highest BCUT2D eigenvalue weighted by Gasteiger charge is 2.12. The third-order valence-electron chi connectivity index (χ3n) is 1.63. The fraction of sp³-hybridized carbons (Fsp3) is 0.111. The molecule has 0 aromatic heterocycles. The second-order valence-electron chi connectivity index (χ2n) is 2.57. The summed E-state index contributed by atoms with van der Waals surface area (Å²) in [7, 11) is 0. The molecule has 1 aromatic rings. The van der Waals surface area contributed by atoms with Gasteiger partial charge in [-0.25, -0.2) is 0 Å². The molecule has 0 spiro atoms. The van der Waals surface area contributed by atoms with E-state index in [4.69, 9.17) is 10.4 Å². The van der Waals surface area contributed by atoms with Crippen LogP contribution in [0.3, 0.4) is 0 Å². The lowest BCUT2D eigenvalue weighted by molar-refractivity contribution is -0.136. The van der Waals surface area contributed by atoms with Gasteiger partial charge in [-0.05, 0) is 33.6 Å². The first kappa shape index (κ1) is 11.2. The van der Waals surface area contributed by atoms with Crippen LogP contribution in [0.2, 0.25) is 0 Å². The largest absolute Gasteiger partial charge is 0.481 e. The highest BCUT2D eigenvalue weighted by Crippen LogP contribution is 2.28. The van der Waals surface area contributed by atoms with Crippen molar-refractivity contribution in [2.75, 3.05) is 0 Å². The molecule has 72 valence electrons. The maximum absolute atomic E-state index is 10.5. The molecule has 0 aliphatic carbocycles. The lowest BCUT2D eigenvalue weighted by atomic mass is 10.1. The normalized spacial score (nSPS) is 9.50. The molecule has 0 aliphatic heterocycles. The topological polar surface area (TPSA) is 61.1 Å². The second kappa shape index (κ2) is 4.58. The number of halogens is 2. The summed E-state index contributed by atoms with van der Waals surface area (Å²) in [4.78, 5) is 10.5. The Bertz CT molecular complexity index is 424. The molecule has 0 saturated heterocycles. The van der Waals surface area contributed by atoms with E-state index in [0.29, 0.717) is 20.1 Å². The van der Waals surface area contributed by atoms with Gasteiger partial charge in [-0.3, -0.25) is 4.79 Å². The van der Waals surface area contributed by atoms with Crippen LogP contribution in [0.15, 0.2) is 21.1 Å². The van der Waals surface area contributed by atoms with Gasteiger partial charge in [-0.1, -0.05) is 15.9 Å². The van der Waals surface area contributed by atoms with Crippen LogP contribution in [-0.2, 0) is 11.2 Å². The minimum atomic E-state index is -0.929. The van der Waals surface area contributed by atoms with Gasteiger partial charge in [0.2, 0.25) is 0 Å². The zero-order valence-corrected chi connectivity index (χ0v) is 10.1. The smallest absolute Gasteiger partial charge is 0.307 e. The Kier molecular flexibility index (Phi) is 3.67. The van der Waals surface area contributed by atoms with Crippen molar-refractivity contribution < 1.29 is 9.90 Å². The quantitative estimate of drug-likeness (QED) is 0.912. The van der Waals surface area contributed by atoms with E-state index >= 15 is 0 Å². The molecule has 0 bridgehead atoms. The van der Waals surface area contributed by atoms with Gasteiger partial charge in [0.15, 0.2) is 0 Å². The van der Waals surface area contributed by atoms with E-state index < -0.39 is 5.97 Å². The maximum atomic E-state index is 10.5. The molecule has 1 N–H and O–H groups in total. The predicted octanol–water partition coefficient (Wildman–Crippen LogP) is 2.71. The first-order chi connectivity index (χ1) is 6.56. The summed E-state index contributed by atoms with van der Waals surface area (Å²) in [5, 5.41) is 17.4. The summed E-state index contributed by atoms with van der Waals surface area (Å²) in [6.07, 6.45) is -0.114. The van der Waals surface area contributed by atoms with E-state index in [9.17, 15) is 4.79 Å². The van der Waals surface area contributed by atoms with E-state index in [0.717, 1.165) is 0 Å². The Balaban J connectivity index is 3.27. The molecule has 0 aliphatic rings. The first-order valence-electron chi connectivity index (χ1n) is 3.65. The minimum absolute atomic E-state index is 0.114. The molecule has 1 rings (SSSR count). The number of hydrogen-bond acceptors (Lipinski definition) is 2. The lowest BCUT2D eigenvalue weighted by Crippen LogP contribution is -2.02. The van der Waals surface area contributed by atoms with Gasteiger partial charge in [0.25, 0.3) is 0 Å². The zero-order valence-electron chi connectivity index (χ0n) is 6.92. The standard InChI is InChI=1S/C9H5Br2NO2/c10-7-2-1-5(4-12)9(11)6(7)3-8(13)14/h1-2H,3H2,(H,13,14). The Labute approximate surface area is 97.6 Å². The predicted molar refractivity (Wildman–Crippen MR) is 57.9 cm³/mol. The van der Waals surface area contributed by atoms with Gasteiger partial charge in [-0.2, -0.15) is 5.26 Å². The molecule has 0 unspecified atom stereocenters. The van der Waals surface area contributed by atoms with Crippen molar-refractivity contribution in [2.45, 2.75) is 6.42 Å². The van der Waals surface area contributed by atoms with Crippen LogP contribution in [0.1, 0.15) is 11.1 Å². The van der Waals surface area contributed by atoms with Crippen LogP contribution in [-0.4, -0.2) is 11.1 Å². The van der Waals surface area contributed by atoms with Gasteiger partial charge in [0.1, 0.15) is 6.07 Å². The molecule has 0 amide bonds. The van der Waals surface area contributed by atoms with Crippen LogP contribution >= 0.6 is 31.9 Å². The van der Waals surface area contributed by atoms with Crippen LogP contribution in [0.4, 0.5) is 0 Å². The van der Waals surface area contributed by atoms with E-state index in [1.54, 1.807) is 12.1 Å². The Morgan fingerprint density at radius 2 is 2.14 bits per heavy atom. The summed E-state index contributed by atoms with van der Waals surface area (Å²) in [6.45, 7) is 0. The number of aliphatic carboxylic acids is 1. The number of rotatable bonds is 2. The average Bonchev–Trinajstić information content (AvgIpc) is 2.12. The molecule has 14 heavy (non-hydrogen) atoms. The number of nitriles is 1. The summed E-state index contributed by atoms with van der Waals surface area (Å²) in [5.41, 5.74) is 1.01. The van der Waals surface area contributed by atoms with Gasteiger partial charge in [0.05, 0.1) is 12.0 Å². The number of benzene rings is 1. The molecule has 3 nitrogen and oxygen atoms in total. The second-order valence-corrected chi connectivity index (χ2v) is 4.22. The summed E-state index contributed by atoms with van der Waals surface area (Å²) >= 11 is 6.44. The highest BCUT2D eigenvalue weighted by atomic mass is 79.9. The number of nitrogens with zero attached hydrogens (tertiary/aromatic N) is 1. The van der Waals surface area contributed by atoms with Crippen molar-refractivity contribution in [2.24, 2.45) is 0 Å². The molecule has 0 fully saturated rings. The third kappa shape index (κ3) is 2.34. The summed E-state index contributed by atoms with van der Waals surface area (Å²) < 4.78 is 1.22. The van der Waals surface area contributed by atoms with Crippen LogP contribution in [0.25, 0.3) is 0 Å². The van der Waals surface area contributed by atoms with Crippen molar-refractivity contribution in [1.29, 1.82) is 5.26 Å². The van der Waals surface area contributed by atoms with E-state index in [1.807, 2.05) is 6.07 Å². The van der Waals surface area contributed by atoms with Gasteiger partial charge >= 0.3 is 5.97 Å². The maximum Gasteiger partial charge on any atom is 0.307 e. The van der Waals surface area contributed by atoms with Crippen molar-refractivity contribution in [1.82, 2.24) is 0 Å². The van der Waals surface area contributed by atoms with Gasteiger partial charge in [-0.15, -0.1) is 0 Å². The number of carboxylic acid groups (broad SMARTS) is 1. The Morgan fingerprint density at radius 3 is 2.64 bits per heavy atom. The third-order valence-corrected chi connectivity index (χ3v) is 3.28. The number of carboxylic acids is 1. The molecule has 0 radical (unpaired) electrons. The van der Waals surface area contributed by atoms with Crippen molar-refractivity contribution in [3.05, 3.63) is 32.2 Å². The van der Waals surface area contributed by atoms with E-state index in [1.165, 1.54) is 0 Å². The van der Waals surface area contributed by atoms with Crippen LogP contribution in [0.5, 0.6) is 0 Å². The van der Waals surface area contributed by atoms with Gasteiger partial charge in [0, 0.05) is 8.95 Å². The SMILES string of the molecule is N#Cc1ccc(Br)c(CC(=O)O)c1Br. The fourth-order valence-corrected chi connectivity index (χ4v) is 2.31. The Hall–Kier alpha value is -0.860. The molecule has 5 heteroatoms. The highest BCUT2D eigenvalue weighted by molar-refractivity contribution is 9.11.